The van der Waals surface area contributed by atoms with Crippen molar-refractivity contribution in [2.45, 2.75) is 180 Å². The monoisotopic (exact) mass is 839 g/mol. The Kier molecular flexibility index (Phi) is 26.8. The van der Waals surface area contributed by atoms with Crippen molar-refractivity contribution in [2.75, 3.05) is 34.0 Å². The van der Waals surface area contributed by atoms with Gasteiger partial charge in [0.15, 0.2) is 23.0 Å². The van der Waals surface area contributed by atoms with E-state index in [-0.39, 0.29) is 17.8 Å². The van der Waals surface area contributed by atoms with Gasteiger partial charge >= 0.3 is 17.9 Å². The predicted molar refractivity (Wildman–Crippen MR) is 238 cm³/mol. The molecule has 1 fully saturated rings. The molecule has 1 aliphatic heterocycles. The molecule has 1 saturated heterocycles. The van der Waals surface area contributed by atoms with Crippen LogP contribution in [0, 0.1) is 11.8 Å². The second-order valence-corrected chi connectivity index (χ2v) is 16.8. The molecule has 2 aromatic rings. The van der Waals surface area contributed by atoms with Crippen LogP contribution in [0.15, 0.2) is 36.4 Å². The van der Waals surface area contributed by atoms with E-state index in [9.17, 15) is 14.4 Å². The van der Waals surface area contributed by atoms with E-state index in [0.717, 1.165) is 86.8 Å². The summed E-state index contributed by atoms with van der Waals surface area (Å²) >= 11 is 0. The highest BCUT2D eigenvalue weighted by Gasteiger charge is 2.37. The van der Waals surface area contributed by atoms with Crippen LogP contribution in [0.1, 0.15) is 178 Å². The summed E-state index contributed by atoms with van der Waals surface area (Å²) in [5.74, 6) is 1.13. The normalized spacial score (nSPS) is 14.9. The second kappa shape index (κ2) is 31.9. The van der Waals surface area contributed by atoms with Crippen molar-refractivity contribution >= 4 is 17.9 Å². The molecular weight excluding hydrogens is 761 g/mol. The summed E-state index contributed by atoms with van der Waals surface area (Å²) in [5, 5.41) is 17.5. The fraction of sp³-hybridized carbons (Fsp3) is 0.700. The first-order valence-corrected chi connectivity index (χ1v) is 23.5. The van der Waals surface area contributed by atoms with Crippen molar-refractivity contribution in [3.05, 3.63) is 47.5 Å². The van der Waals surface area contributed by atoms with Gasteiger partial charge in [0.1, 0.15) is 0 Å². The Hall–Kier alpha value is -3.95. The van der Waals surface area contributed by atoms with Crippen LogP contribution < -0.4 is 18.9 Å². The number of unbranched alkanes of at least 4 members (excludes halogenated alkanes) is 22. The molecule has 0 spiro atoms. The highest BCUT2D eigenvalue weighted by molar-refractivity contribution is 5.75. The summed E-state index contributed by atoms with van der Waals surface area (Å²) in [6.45, 7) is 1.69. The Balaban J connectivity index is 1.42. The minimum absolute atomic E-state index is 0.0458. The van der Waals surface area contributed by atoms with Crippen LogP contribution in [-0.2, 0) is 32.0 Å². The van der Waals surface area contributed by atoms with E-state index in [1.54, 1.807) is 14.2 Å². The summed E-state index contributed by atoms with van der Waals surface area (Å²) in [6, 6.07) is 12.1. The molecule has 338 valence electrons. The van der Waals surface area contributed by atoms with E-state index >= 15 is 0 Å². The van der Waals surface area contributed by atoms with Crippen LogP contribution in [0.3, 0.4) is 0 Å². The third kappa shape index (κ3) is 22.1. The molecule has 1 aliphatic rings. The van der Waals surface area contributed by atoms with E-state index < -0.39 is 11.9 Å². The number of ether oxygens (including phenoxy) is 5. The molecule has 0 radical (unpaired) electrons. The van der Waals surface area contributed by atoms with E-state index in [1.807, 2.05) is 24.3 Å². The quantitative estimate of drug-likeness (QED) is 0.0496. The first kappa shape index (κ1) is 50.4. The van der Waals surface area contributed by atoms with Crippen LogP contribution in [0.25, 0.3) is 0 Å². The molecular formula is C50H78O10. The van der Waals surface area contributed by atoms with Gasteiger partial charge in [-0.05, 0) is 73.9 Å². The van der Waals surface area contributed by atoms with Crippen LogP contribution in [0.2, 0.25) is 0 Å². The number of rotatable bonds is 38. The molecule has 0 bridgehead atoms. The van der Waals surface area contributed by atoms with Crippen LogP contribution >= 0.6 is 0 Å². The van der Waals surface area contributed by atoms with Crippen molar-refractivity contribution in [1.82, 2.24) is 0 Å². The summed E-state index contributed by atoms with van der Waals surface area (Å²) < 4.78 is 29.3. The molecule has 10 nitrogen and oxygen atoms in total. The zero-order valence-electron chi connectivity index (χ0n) is 37.2. The molecule has 2 N–H and O–H groups in total. The number of carboxylic acids is 2. The van der Waals surface area contributed by atoms with Crippen LogP contribution in [0.5, 0.6) is 23.0 Å². The van der Waals surface area contributed by atoms with Gasteiger partial charge in [-0.3, -0.25) is 14.4 Å². The van der Waals surface area contributed by atoms with Crippen molar-refractivity contribution in [2.24, 2.45) is 11.8 Å². The van der Waals surface area contributed by atoms with Crippen LogP contribution in [0.4, 0.5) is 0 Å². The first-order valence-electron chi connectivity index (χ1n) is 23.5. The number of carbonyl (C=O) groups is 3. The number of carbonyl (C=O) groups excluding carboxylic acids is 1. The van der Waals surface area contributed by atoms with Gasteiger partial charge in [0.2, 0.25) is 0 Å². The van der Waals surface area contributed by atoms with Crippen molar-refractivity contribution in [3.63, 3.8) is 0 Å². The first-order chi connectivity index (χ1) is 29.3. The number of aliphatic carboxylic acids is 2. The maximum absolute atomic E-state index is 12.9. The van der Waals surface area contributed by atoms with Gasteiger partial charge in [0.25, 0.3) is 0 Å². The van der Waals surface area contributed by atoms with Gasteiger partial charge in [0, 0.05) is 18.8 Å². The average Bonchev–Trinajstić information content (AvgIpc) is 3.57. The van der Waals surface area contributed by atoms with E-state index in [0.29, 0.717) is 57.0 Å². The lowest BCUT2D eigenvalue weighted by molar-refractivity contribution is -0.141. The zero-order valence-corrected chi connectivity index (χ0v) is 37.2. The minimum atomic E-state index is -0.690. The molecule has 1 heterocycles. The van der Waals surface area contributed by atoms with Crippen molar-refractivity contribution in [1.29, 1.82) is 0 Å². The lowest BCUT2D eigenvalue weighted by Crippen LogP contribution is -2.20. The van der Waals surface area contributed by atoms with Gasteiger partial charge in [-0.25, -0.2) is 0 Å². The fourth-order valence-electron chi connectivity index (χ4n) is 8.19. The van der Waals surface area contributed by atoms with Crippen molar-refractivity contribution in [3.8, 4) is 23.0 Å². The Morgan fingerprint density at radius 3 is 1.35 bits per heavy atom. The number of cyclic esters (lactones) is 1. The molecule has 3 rings (SSSR count). The SMILES string of the molecule is COc1ccc(CC2C(=O)OCC2Cc2ccc(OCCCCCCCCCCCCCCC(=O)O)c(OCCCCCCCCCCCCCCC(=O)O)c2)cc1OC. The molecule has 2 aromatic carbocycles. The Morgan fingerprint density at radius 1 is 0.517 bits per heavy atom. The summed E-state index contributed by atoms with van der Waals surface area (Å²) in [6.07, 6.45) is 29.5. The summed E-state index contributed by atoms with van der Waals surface area (Å²) in [4.78, 5) is 34.2. The van der Waals surface area contributed by atoms with E-state index in [1.165, 1.54) is 89.9 Å². The van der Waals surface area contributed by atoms with Crippen molar-refractivity contribution < 1.29 is 48.3 Å². The zero-order chi connectivity index (χ0) is 43.0. The Morgan fingerprint density at radius 2 is 0.900 bits per heavy atom. The summed E-state index contributed by atoms with van der Waals surface area (Å²) in [5.41, 5.74) is 2.12. The van der Waals surface area contributed by atoms with Crippen LogP contribution in [-0.4, -0.2) is 62.2 Å². The third-order valence-corrected chi connectivity index (χ3v) is 11.8. The average molecular weight is 839 g/mol. The number of esters is 1. The molecule has 60 heavy (non-hydrogen) atoms. The molecule has 10 heteroatoms. The number of hydrogen-bond acceptors (Lipinski definition) is 8. The lowest BCUT2D eigenvalue weighted by atomic mass is 9.85. The highest BCUT2D eigenvalue weighted by atomic mass is 16.5. The van der Waals surface area contributed by atoms with Gasteiger partial charge < -0.3 is 33.9 Å². The number of methoxy groups -OCH3 is 2. The smallest absolute Gasteiger partial charge is 0.309 e. The molecule has 2 atom stereocenters. The minimum Gasteiger partial charge on any atom is -0.493 e. The van der Waals surface area contributed by atoms with Gasteiger partial charge in [-0.1, -0.05) is 141 Å². The lowest BCUT2D eigenvalue weighted by Gasteiger charge is -2.18. The molecule has 2 unspecified atom stereocenters. The standard InChI is InChI=1S/C50H78O10/c1-56-44-31-29-41(37-46(44)57-2)36-43-42(39-60-50(43)55)35-40-30-32-45(58-33-25-21-17-13-9-5-3-7-11-15-19-23-27-48(51)52)47(38-40)59-34-26-22-18-14-10-6-4-8-12-16-20-24-28-49(53)54/h29-32,37-38,42-43H,3-28,33-36,39H2,1-2H3,(H,51,52)(H,53,54). The molecule has 0 aliphatic carbocycles. The number of hydrogen-bond donors (Lipinski definition) is 2. The second-order valence-electron chi connectivity index (χ2n) is 16.8. The number of carboxylic acid groups (broad SMARTS) is 2. The fourth-order valence-corrected chi connectivity index (χ4v) is 8.19. The Bertz CT molecular complexity index is 1470. The van der Waals surface area contributed by atoms with E-state index in [2.05, 4.69) is 12.1 Å². The molecule has 0 saturated carbocycles. The maximum Gasteiger partial charge on any atom is 0.309 e. The highest BCUT2D eigenvalue weighted by Crippen LogP contribution is 2.35. The van der Waals surface area contributed by atoms with Gasteiger partial charge in [0.05, 0.1) is 40.0 Å². The topological polar surface area (TPSA) is 138 Å². The van der Waals surface area contributed by atoms with Gasteiger partial charge in [-0.2, -0.15) is 0 Å². The van der Waals surface area contributed by atoms with E-state index in [4.69, 9.17) is 33.9 Å². The largest absolute Gasteiger partial charge is 0.493 e. The molecule has 0 aromatic heterocycles. The maximum atomic E-state index is 12.9. The van der Waals surface area contributed by atoms with Gasteiger partial charge in [-0.15, -0.1) is 0 Å². The molecule has 0 amide bonds. The third-order valence-electron chi connectivity index (χ3n) is 11.8. The Labute approximate surface area is 361 Å². The number of benzene rings is 2. The summed E-state index contributed by atoms with van der Waals surface area (Å²) in [7, 11) is 3.23. The predicted octanol–water partition coefficient (Wildman–Crippen LogP) is 12.3.